The molecule has 5 nitrogen and oxygen atoms in total. The van der Waals surface area contributed by atoms with Crippen molar-refractivity contribution in [3.8, 4) is 0 Å². The average Bonchev–Trinajstić information content (AvgIpc) is 2.16. The highest BCUT2D eigenvalue weighted by molar-refractivity contribution is 5.92. The van der Waals surface area contributed by atoms with Crippen LogP contribution >= 0.6 is 0 Å². The molecule has 16 heavy (non-hydrogen) atoms. The molecular formula is C11H21N3O2. The fraction of sp³-hybridized carbons (Fsp3) is 0.455. The Morgan fingerprint density at radius 1 is 1.25 bits per heavy atom. The minimum atomic E-state index is -0.833. The number of amides is 3. The van der Waals surface area contributed by atoms with E-state index in [1.165, 1.54) is 0 Å². The van der Waals surface area contributed by atoms with Crippen molar-refractivity contribution in [1.29, 1.82) is 0 Å². The maximum absolute atomic E-state index is 11.0. The van der Waals surface area contributed by atoms with E-state index in [0.717, 1.165) is 18.4 Å². The standard InChI is InChI=1S/C10H17NO.CH4N2O/c1-5-9(4)6-7-11-10(12)8(2)3;2-1(3)4/h2,4-7H2,1,3H3,(H,11,12);(H4,2,3,4). The van der Waals surface area contributed by atoms with E-state index in [-0.39, 0.29) is 5.91 Å². The van der Waals surface area contributed by atoms with Gasteiger partial charge in [-0.25, -0.2) is 4.79 Å². The summed E-state index contributed by atoms with van der Waals surface area (Å²) in [5.74, 6) is -0.0705. The van der Waals surface area contributed by atoms with Crippen LogP contribution in [0.5, 0.6) is 0 Å². The summed E-state index contributed by atoms with van der Waals surface area (Å²) < 4.78 is 0. The highest BCUT2D eigenvalue weighted by Gasteiger charge is 1.99. The number of hydrogen-bond donors (Lipinski definition) is 3. The summed E-state index contributed by atoms with van der Waals surface area (Å²) in [5.41, 5.74) is 10.2. The molecule has 0 unspecified atom stereocenters. The molecule has 0 radical (unpaired) electrons. The van der Waals surface area contributed by atoms with E-state index in [9.17, 15) is 4.79 Å². The molecule has 0 saturated carbocycles. The van der Waals surface area contributed by atoms with Crippen LogP contribution in [0.25, 0.3) is 0 Å². The number of carbonyl (C=O) groups is 2. The van der Waals surface area contributed by atoms with Gasteiger partial charge in [-0.05, 0) is 19.8 Å². The van der Waals surface area contributed by atoms with Crippen molar-refractivity contribution in [2.24, 2.45) is 11.5 Å². The molecule has 0 heterocycles. The zero-order chi connectivity index (χ0) is 13.1. The number of rotatable bonds is 5. The predicted molar refractivity (Wildman–Crippen MR) is 65.6 cm³/mol. The van der Waals surface area contributed by atoms with Gasteiger partial charge in [0.15, 0.2) is 0 Å². The Morgan fingerprint density at radius 3 is 2.00 bits per heavy atom. The molecule has 5 N–H and O–H groups in total. The zero-order valence-electron chi connectivity index (χ0n) is 10.0. The summed E-state index contributed by atoms with van der Waals surface area (Å²) in [6, 6.07) is -0.833. The Balaban J connectivity index is 0. The van der Waals surface area contributed by atoms with Gasteiger partial charge in [0, 0.05) is 12.1 Å². The van der Waals surface area contributed by atoms with Crippen molar-refractivity contribution in [2.45, 2.75) is 26.7 Å². The van der Waals surface area contributed by atoms with E-state index in [2.05, 4.69) is 36.9 Å². The molecule has 92 valence electrons. The van der Waals surface area contributed by atoms with Gasteiger partial charge in [0.2, 0.25) is 5.91 Å². The quantitative estimate of drug-likeness (QED) is 0.483. The number of carbonyl (C=O) groups excluding carboxylic acids is 2. The molecule has 0 aromatic rings. The summed E-state index contributed by atoms with van der Waals surface area (Å²) in [7, 11) is 0. The van der Waals surface area contributed by atoms with Crippen LogP contribution in [0.3, 0.4) is 0 Å². The average molecular weight is 227 g/mol. The van der Waals surface area contributed by atoms with Crippen LogP contribution in [0.1, 0.15) is 26.7 Å². The Bertz CT molecular complexity index is 268. The fourth-order valence-corrected chi connectivity index (χ4v) is 0.680. The molecular weight excluding hydrogens is 206 g/mol. The minimum Gasteiger partial charge on any atom is -0.352 e. The SMILES string of the molecule is C=C(CC)CCNC(=O)C(=C)C.NC(N)=O. The molecule has 0 aromatic heterocycles. The van der Waals surface area contributed by atoms with E-state index in [1.54, 1.807) is 6.92 Å². The second kappa shape index (κ2) is 9.76. The van der Waals surface area contributed by atoms with Gasteiger partial charge < -0.3 is 16.8 Å². The minimum absolute atomic E-state index is 0.0705. The summed E-state index contributed by atoms with van der Waals surface area (Å²) in [5, 5.41) is 2.75. The van der Waals surface area contributed by atoms with Gasteiger partial charge in [0.1, 0.15) is 0 Å². The molecule has 5 heteroatoms. The molecule has 0 saturated heterocycles. The van der Waals surface area contributed by atoms with E-state index < -0.39 is 6.03 Å². The number of nitrogens with one attached hydrogen (secondary N) is 1. The van der Waals surface area contributed by atoms with Gasteiger partial charge in [0.05, 0.1) is 0 Å². The molecule has 0 aliphatic heterocycles. The Labute approximate surface area is 96.6 Å². The van der Waals surface area contributed by atoms with Crippen molar-refractivity contribution >= 4 is 11.9 Å². The van der Waals surface area contributed by atoms with Crippen LogP contribution in [0.2, 0.25) is 0 Å². The lowest BCUT2D eigenvalue weighted by molar-refractivity contribution is -0.117. The second-order valence-electron chi connectivity index (χ2n) is 3.29. The summed E-state index contributed by atoms with van der Waals surface area (Å²) in [6.07, 6.45) is 1.83. The molecule has 0 aliphatic rings. The molecule has 0 bridgehead atoms. The highest BCUT2D eigenvalue weighted by Crippen LogP contribution is 2.00. The largest absolute Gasteiger partial charge is 0.352 e. The highest BCUT2D eigenvalue weighted by atomic mass is 16.2. The van der Waals surface area contributed by atoms with Gasteiger partial charge >= 0.3 is 6.03 Å². The van der Waals surface area contributed by atoms with Crippen LogP contribution in [0.15, 0.2) is 24.3 Å². The molecule has 0 rings (SSSR count). The van der Waals surface area contributed by atoms with Gasteiger partial charge in [-0.1, -0.05) is 25.7 Å². The van der Waals surface area contributed by atoms with Crippen molar-refractivity contribution in [1.82, 2.24) is 5.32 Å². The number of urea groups is 1. The van der Waals surface area contributed by atoms with Gasteiger partial charge in [0.25, 0.3) is 0 Å². The van der Waals surface area contributed by atoms with Crippen LogP contribution in [-0.4, -0.2) is 18.5 Å². The summed E-state index contributed by atoms with van der Waals surface area (Å²) in [6.45, 7) is 11.8. The second-order valence-corrected chi connectivity index (χ2v) is 3.29. The number of nitrogens with two attached hydrogens (primary N) is 2. The maximum atomic E-state index is 11.0. The van der Waals surface area contributed by atoms with E-state index >= 15 is 0 Å². The first-order valence-electron chi connectivity index (χ1n) is 4.96. The first-order chi connectivity index (χ1) is 7.31. The number of primary amides is 2. The molecule has 0 aromatic carbocycles. The third-order valence-electron chi connectivity index (χ3n) is 1.65. The third-order valence-corrected chi connectivity index (χ3v) is 1.65. The normalized spacial score (nSPS) is 8.38. The number of hydrogen-bond acceptors (Lipinski definition) is 2. The van der Waals surface area contributed by atoms with E-state index in [1.807, 2.05) is 0 Å². The smallest absolute Gasteiger partial charge is 0.309 e. The predicted octanol–water partition coefficient (Wildman–Crippen LogP) is 1.06. The van der Waals surface area contributed by atoms with Gasteiger partial charge in [-0.15, -0.1) is 0 Å². The summed E-state index contributed by atoms with van der Waals surface area (Å²) in [4.78, 5) is 20.0. The Kier molecular flexibility index (Phi) is 10.2. The van der Waals surface area contributed by atoms with E-state index in [4.69, 9.17) is 4.79 Å². The molecule has 3 amide bonds. The summed E-state index contributed by atoms with van der Waals surface area (Å²) >= 11 is 0. The monoisotopic (exact) mass is 227 g/mol. The first kappa shape index (κ1) is 16.6. The first-order valence-corrected chi connectivity index (χ1v) is 4.96. The van der Waals surface area contributed by atoms with Crippen molar-refractivity contribution in [3.63, 3.8) is 0 Å². The molecule has 0 aliphatic carbocycles. The van der Waals surface area contributed by atoms with Crippen LogP contribution in [0.4, 0.5) is 4.79 Å². The van der Waals surface area contributed by atoms with E-state index in [0.29, 0.717) is 12.1 Å². The lowest BCUT2D eigenvalue weighted by Gasteiger charge is -2.04. The Morgan fingerprint density at radius 2 is 1.69 bits per heavy atom. The van der Waals surface area contributed by atoms with Crippen molar-refractivity contribution in [3.05, 3.63) is 24.3 Å². The van der Waals surface area contributed by atoms with Crippen LogP contribution in [0, 0.1) is 0 Å². The van der Waals surface area contributed by atoms with Crippen molar-refractivity contribution < 1.29 is 9.59 Å². The molecule has 0 spiro atoms. The lowest BCUT2D eigenvalue weighted by Crippen LogP contribution is -2.24. The zero-order valence-corrected chi connectivity index (χ0v) is 10.0. The fourth-order valence-electron chi connectivity index (χ4n) is 0.680. The van der Waals surface area contributed by atoms with Crippen molar-refractivity contribution in [2.75, 3.05) is 6.54 Å². The Hall–Kier alpha value is -1.78. The van der Waals surface area contributed by atoms with Gasteiger partial charge in [-0.2, -0.15) is 0 Å². The third kappa shape index (κ3) is 14.7. The molecule has 0 atom stereocenters. The van der Waals surface area contributed by atoms with Gasteiger partial charge in [-0.3, -0.25) is 4.79 Å². The lowest BCUT2D eigenvalue weighted by atomic mass is 10.1. The topological polar surface area (TPSA) is 98.2 Å². The maximum Gasteiger partial charge on any atom is 0.309 e. The molecule has 0 fully saturated rings. The van der Waals surface area contributed by atoms with Crippen LogP contribution < -0.4 is 16.8 Å². The van der Waals surface area contributed by atoms with Crippen LogP contribution in [-0.2, 0) is 4.79 Å².